The van der Waals surface area contributed by atoms with Gasteiger partial charge < -0.3 is 9.47 Å². The first-order chi connectivity index (χ1) is 13.2. The van der Waals surface area contributed by atoms with Gasteiger partial charge in [0.2, 0.25) is 0 Å². The summed E-state index contributed by atoms with van der Waals surface area (Å²) in [7, 11) is 3.23. The molecular formula is C20H20N2O3S2. The quantitative estimate of drug-likeness (QED) is 0.553. The topological polar surface area (TPSA) is 60.5 Å². The monoisotopic (exact) mass is 400 g/mol. The van der Waals surface area contributed by atoms with Crippen molar-refractivity contribution >= 4 is 34.1 Å². The largest absolute Gasteiger partial charge is 0.497 e. The number of methoxy groups -OCH3 is 2. The van der Waals surface area contributed by atoms with E-state index in [2.05, 4.69) is 17.2 Å². The van der Waals surface area contributed by atoms with E-state index in [1.807, 2.05) is 47.8 Å². The van der Waals surface area contributed by atoms with Crippen molar-refractivity contribution < 1.29 is 14.3 Å². The van der Waals surface area contributed by atoms with E-state index in [4.69, 9.17) is 9.47 Å². The molecule has 1 N–H and O–H groups in total. The minimum atomic E-state index is -0.162. The molecule has 0 saturated carbocycles. The zero-order valence-corrected chi connectivity index (χ0v) is 16.9. The van der Waals surface area contributed by atoms with Crippen molar-refractivity contribution in [3.8, 4) is 22.8 Å². The summed E-state index contributed by atoms with van der Waals surface area (Å²) in [5, 5.41) is 5.32. The molecule has 140 valence electrons. The van der Waals surface area contributed by atoms with Crippen molar-refractivity contribution in [1.29, 1.82) is 0 Å². The number of carbonyl (C=O) groups excluding carboxylic acids is 1. The maximum Gasteiger partial charge on any atom is 0.258 e. The lowest BCUT2D eigenvalue weighted by Gasteiger charge is -2.09. The van der Waals surface area contributed by atoms with Crippen LogP contribution < -0.4 is 14.8 Å². The Hall–Kier alpha value is -2.51. The van der Waals surface area contributed by atoms with Gasteiger partial charge in [0.05, 0.1) is 25.5 Å². The molecule has 1 aromatic heterocycles. The number of anilines is 1. The number of carbonyl (C=O) groups is 1. The van der Waals surface area contributed by atoms with Gasteiger partial charge in [-0.15, -0.1) is 23.1 Å². The first-order valence-corrected chi connectivity index (χ1v) is 10.2. The summed E-state index contributed by atoms with van der Waals surface area (Å²) >= 11 is 3.02. The number of thiazole rings is 1. The van der Waals surface area contributed by atoms with Crippen LogP contribution in [-0.4, -0.2) is 30.9 Å². The van der Waals surface area contributed by atoms with Crippen LogP contribution >= 0.6 is 23.1 Å². The van der Waals surface area contributed by atoms with Crippen LogP contribution in [0.4, 0.5) is 5.13 Å². The minimum absolute atomic E-state index is 0.162. The van der Waals surface area contributed by atoms with E-state index in [0.29, 0.717) is 16.4 Å². The van der Waals surface area contributed by atoms with Crippen LogP contribution in [0.2, 0.25) is 0 Å². The van der Waals surface area contributed by atoms with Gasteiger partial charge in [0.25, 0.3) is 5.91 Å². The van der Waals surface area contributed by atoms with E-state index in [-0.39, 0.29) is 5.91 Å². The summed E-state index contributed by atoms with van der Waals surface area (Å²) in [5.74, 6) is 2.16. The van der Waals surface area contributed by atoms with Gasteiger partial charge in [0, 0.05) is 15.8 Å². The van der Waals surface area contributed by atoms with Crippen LogP contribution in [0.1, 0.15) is 17.3 Å². The molecule has 0 unspecified atom stereocenters. The number of benzene rings is 2. The van der Waals surface area contributed by atoms with Crippen molar-refractivity contribution in [2.75, 3.05) is 25.3 Å². The molecule has 5 nitrogen and oxygen atoms in total. The number of nitrogens with one attached hydrogen (secondary N) is 1. The first kappa shape index (κ1) is 19.3. The van der Waals surface area contributed by atoms with Crippen LogP contribution in [0.25, 0.3) is 11.3 Å². The Kier molecular flexibility index (Phi) is 6.36. The van der Waals surface area contributed by atoms with E-state index in [9.17, 15) is 4.79 Å². The Balaban J connectivity index is 1.84. The fourth-order valence-electron chi connectivity index (χ4n) is 2.57. The molecule has 0 atom stereocenters. The fraction of sp³-hybridized carbons (Fsp3) is 0.200. The lowest BCUT2D eigenvalue weighted by molar-refractivity contribution is 0.102. The van der Waals surface area contributed by atoms with Crippen molar-refractivity contribution in [1.82, 2.24) is 4.98 Å². The highest BCUT2D eigenvalue weighted by molar-refractivity contribution is 7.99. The summed E-state index contributed by atoms with van der Waals surface area (Å²) in [6.07, 6.45) is 0. The number of aromatic nitrogens is 1. The van der Waals surface area contributed by atoms with Gasteiger partial charge in [-0.1, -0.05) is 19.1 Å². The van der Waals surface area contributed by atoms with Gasteiger partial charge in [-0.2, -0.15) is 0 Å². The summed E-state index contributed by atoms with van der Waals surface area (Å²) in [6, 6.07) is 13.1. The summed E-state index contributed by atoms with van der Waals surface area (Å²) in [6.45, 7) is 2.06. The van der Waals surface area contributed by atoms with Gasteiger partial charge in [0.15, 0.2) is 5.13 Å². The molecule has 7 heteroatoms. The van der Waals surface area contributed by atoms with E-state index in [0.717, 1.165) is 27.7 Å². The number of rotatable bonds is 7. The van der Waals surface area contributed by atoms with Crippen molar-refractivity contribution in [2.24, 2.45) is 0 Å². The van der Waals surface area contributed by atoms with E-state index >= 15 is 0 Å². The molecule has 0 aliphatic rings. The van der Waals surface area contributed by atoms with Crippen LogP contribution in [0, 0.1) is 0 Å². The number of nitrogens with zero attached hydrogens (tertiary/aromatic N) is 1. The highest BCUT2D eigenvalue weighted by atomic mass is 32.2. The van der Waals surface area contributed by atoms with Crippen LogP contribution in [0.5, 0.6) is 11.5 Å². The molecule has 3 rings (SSSR count). The zero-order chi connectivity index (χ0) is 19.2. The van der Waals surface area contributed by atoms with E-state index in [1.165, 1.54) is 11.3 Å². The summed E-state index contributed by atoms with van der Waals surface area (Å²) in [4.78, 5) is 18.2. The third-order valence-electron chi connectivity index (χ3n) is 3.84. The molecule has 0 aliphatic carbocycles. The van der Waals surface area contributed by atoms with Gasteiger partial charge >= 0.3 is 0 Å². The predicted molar refractivity (Wildman–Crippen MR) is 111 cm³/mol. The van der Waals surface area contributed by atoms with Gasteiger partial charge in [-0.05, 0) is 36.1 Å². The Morgan fingerprint density at radius 2 is 2.00 bits per heavy atom. The summed E-state index contributed by atoms with van der Waals surface area (Å²) < 4.78 is 10.7. The Labute approximate surface area is 166 Å². The first-order valence-electron chi connectivity index (χ1n) is 8.37. The highest BCUT2D eigenvalue weighted by Gasteiger charge is 2.15. The number of hydrogen-bond donors (Lipinski definition) is 1. The van der Waals surface area contributed by atoms with E-state index < -0.39 is 0 Å². The number of thioether (sulfide) groups is 1. The SMILES string of the molecule is CCSc1ccccc1C(=O)Nc1nc(-c2cc(OC)ccc2OC)cs1. The average Bonchev–Trinajstić information content (AvgIpc) is 3.16. The molecule has 0 aliphatic heterocycles. The minimum Gasteiger partial charge on any atom is -0.497 e. The van der Waals surface area contributed by atoms with Crippen LogP contribution in [0.3, 0.4) is 0 Å². The van der Waals surface area contributed by atoms with Crippen molar-refractivity contribution in [3.05, 3.63) is 53.4 Å². The molecule has 0 saturated heterocycles. The molecule has 0 fully saturated rings. The third-order valence-corrected chi connectivity index (χ3v) is 5.55. The molecule has 0 spiro atoms. The van der Waals surface area contributed by atoms with Crippen molar-refractivity contribution in [2.45, 2.75) is 11.8 Å². The normalized spacial score (nSPS) is 10.5. The maximum atomic E-state index is 12.7. The number of hydrogen-bond acceptors (Lipinski definition) is 6. The lowest BCUT2D eigenvalue weighted by atomic mass is 10.1. The van der Waals surface area contributed by atoms with Crippen LogP contribution in [-0.2, 0) is 0 Å². The molecule has 2 aromatic carbocycles. The average molecular weight is 401 g/mol. The zero-order valence-electron chi connectivity index (χ0n) is 15.3. The summed E-state index contributed by atoms with van der Waals surface area (Å²) in [5.41, 5.74) is 2.19. The smallest absolute Gasteiger partial charge is 0.258 e. The Morgan fingerprint density at radius 1 is 1.19 bits per heavy atom. The molecular weight excluding hydrogens is 380 g/mol. The van der Waals surface area contributed by atoms with Gasteiger partial charge in [-0.25, -0.2) is 4.98 Å². The fourth-order valence-corrected chi connectivity index (χ4v) is 4.08. The number of ether oxygens (including phenoxy) is 2. The molecule has 1 heterocycles. The molecule has 0 radical (unpaired) electrons. The van der Waals surface area contributed by atoms with Gasteiger partial charge in [-0.3, -0.25) is 10.1 Å². The van der Waals surface area contributed by atoms with Crippen molar-refractivity contribution in [3.63, 3.8) is 0 Å². The second-order valence-electron chi connectivity index (χ2n) is 5.49. The maximum absolute atomic E-state index is 12.7. The third kappa shape index (κ3) is 4.43. The standard InChI is InChI=1S/C20H20N2O3S2/c1-4-26-18-8-6-5-7-14(18)19(23)22-20-21-16(12-27-20)15-11-13(24-2)9-10-17(15)25-3/h5-12H,4H2,1-3H3,(H,21,22,23). The molecule has 0 bridgehead atoms. The second-order valence-corrected chi connectivity index (χ2v) is 7.65. The second kappa shape index (κ2) is 8.92. The molecule has 27 heavy (non-hydrogen) atoms. The number of amides is 1. The van der Waals surface area contributed by atoms with Crippen LogP contribution in [0.15, 0.2) is 52.7 Å². The Morgan fingerprint density at radius 3 is 2.74 bits per heavy atom. The Bertz CT molecular complexity index is 940. The lowest BCUT2D eigenvalue weighted by Crippen LogP contribution is -2.12. The highest BCUT2D eigenvalue weighted by Crippen LogP contribution is 2.35. The molecule has 3 aromatic rings. The molecule has 1 amide bonds. The van der Waals surface area contributed by atoms with E-state index in [1.54, 1.807) is 26.0 Å². The predicted octanol–water partition coefficient (Wildman–Crippen LogP) is 5.19. The van der Waals surface area contributed by atoms with Gasteiger partial charge in [0.1, 0.15) is 11.5 Å².